The van der Waals surface area contributed by atoms with Crippen molar-refractivity contribution in [1.82, 2.24) is 4.98 Å². The molecule has 1 fully saturated rings. The lowest BCUT2D eigenvalue weighted by Gasteiger charge is -2.17. The highest BCUT2D eigenvalue weighted by atomic mass is 16.5. The molecule has 0 unspecified atom stereocenters. The van der Waals surface area contributed by atoms with Crippen LogP contribution in [-0.2, 0) is 11.2 Å². The third kappa shape index (κ3) is 3.32. The van der Waals surface area contributed by atoms with Crippen LogP contribution < -0.4 is 15.4 Å². The van der Waals surface area contributed by atoms with Crippen LogP contribution in [0.2, 0.25) is 0 Å². The van der Waals surface area contributed by atoms with Crippen LogP contribution >= 0.6 is 0 Å². The fraction of sp³-hybridized carbons (Fsp3) is 0.261. The molecular weight excluding hydrogens is 382 g/mol. The molecule has 2 aliphatic rings. The van der Waals surface area contributed by atoms with Crippen molar-refractivity contribution in [2.75, 3.05) is 11.4 Å². The Labute approximate surface area is 173 Å². The molecule has 0 atom stereocenters. The minimum atomic E-state index is -0.724. The molecule has 3 aromatic rings. The van der Waals surface area contributed by atoms with Gasteiger partial charge >= 0.3 is 0 Å². The molecule has 1 aliphatic heterocycles. The van der Waals surface area contributed by atoms with E-state index in [0.717, 1.165) is 30.5 Å². The monoisotopic (exact) mass is 403 g/mol. The van der Waals surface area contributed by atoms with Crippen LogP contribution in [0, 0.1) is 5.92 Å². The van der Waals surface area contributed by atoms with Crippen molar-refractivity contribution in [2.24, 2.45) is 11.7 Å². The Morgan fingerprint density at radius 2 is 2.03 bits per heavy atom. The van der Waals surface area contributed by atoms with Crippen LogP contribution in [0.25, 0.3) is 10.9 Å². The van der Waals surface area contributed by atoms with E-state index in [9.17, 15) is 14.7 Å². The molecule has 1 aliphatic carbocycles. The highest BCUT2D eigenvalue weighted by Crippen LogP contribution is 2.38. The van der Waals surface area contributed by atoms with Crippen LogP contribution in [0.3, 0.4) is 0 Å². The SMILES string of the molecule is NC(=O)c1cc2c(Oc3ccc4c(c3)CCN4C(=O)CC3CC3)ccnc2cc1O. The number of aromatic hydroxyl groups is 1. The van der Waals surface area contributed by atoms with Crippen molar-refractivity contribution in [3.05, 3.63) is 53.7 Å². The number of rotatable bonds is 5. The quantitative estimate of drug-likeness (QED) is 0.678. The Balaban J connectivity index is 1.44. The number of nitrogens with zero attached hydrogens (tertiary/aromatic N) is 2. The highest BCUT2D eigenvalue weighted by molar-refractivity contribution is 6.01. The number of phenols is 1. The molecule has 7 nitrogen and oxygen atoms in total. The number of primary amides is 1. The molecule has 2 heterocycles. The second-order valence-electron chi connectivity index (χ2n) is 7.90. The largest absolute Gasteiger partial charge is 0.507 e. The van der Waals surface area contributed by atoms with E-state index in [1.54, 1.807) is 12.3 Å². The fourth-order valence-corrected chi connectivity index (χ4v) is 3.95. The minimum Gasteiger partial charge on any atom is -0.507 e. The van der Waals surface area contributed by atoms with Gasteiger partial charge in [-0.05, 0) is 61.1 Å². The highest BCUT2D eigenvalue weighted by Gasteiger charge is 2.30. The maximum absolute atomic E-state index is 12.5. The molecule has 3 N–H and O–H groups in total. The van der Waals surface area contributed by atoms with Gasteiger partial charge in [0.25, 0.3) is 5.91 Å². The summed E-state index contributed by atoms with van der Waals surface area (Å²) in [4.78, 5) is 30.2. The zero-order valence-corrected chi connectivity index (χ0v) is 16.3. The number of carbonyl (C=O) groups excluding carboxylic acids is 2. The minimum absolute atomic E-state index is 0.0131. The number of pyridine rings is 1. The first-order valence-corrected chi connectivity index (χ1v) is 10.0. The first-order chi connectivity index (χ1) is 14.5. The molecule has 1 aromatic heterocycles. The fourth-order valence-electron chi connectivity index (χ4n) is 3.95. The lowest BCUT2D eigenvalue weighted by atomic mass is 10.1. The summed E-state index contributed by atoms with van der Waals surface area (Å²) in [5.74, 6) is 0.956. The number of aromatic nitrogens is 1. The zero-order chi connectivity index (χ0) is 20.8. The van der Waals surface area contributed by atoms with Crippen molar-refractivity contribution in [1.29, 1.82) is 0 Å². The number of anilines is 1. The number of fused-ring (bicyclic) bond motifs is 2. The number of amides is 2. The van der Waals surface area contributed by atoms with Crippen molar-refractivity contribution in [3.8, 4) is 17.2 Å². The molecule has 5 rings (SSSR count). The average Bonchev–Trinajstić information content (AvgIpc) is 3.43. The van der Waals surface area contributed by atoms with E-state index < -0.39 is 5.91 Å². The number of nitrogens with two attached hydrogens (primary N) is 1. The summed E-state index contributed by atoms with van der Waals surface area (Å²) >= 11 is 0. The summed E-state index contributed by atoms with van der Waals surface area (Å²) in [6, 6.07) is 10.3. The molecule has 0 spiro atoms. The lowest BCUT2D eigenvalue weighted by Crippen LogP contribution is -2.28. The van der Waals surface area contributed by atoms with E-state index in [2.05, 4.69) is 4.98 Å². The first kappa shape index (κ1) is 18.4. The number of ether oxygens (including phenoxy) is 1. The molecule has 0 saturated heterocycles. The van der Waals surface area contributed by atoms with Crippen LogP contribution in [0.4, 0.5) is 5.69 Å². The summed E-state index contributed by atoms with van der Waals surface area (Å²) in [5, 5.41) is 10.6. The van der Waals surface area contributed by atoms with Gasteiger partial charge in [-0.2, -0.15) is 0 Å². The topological polar surface area (TPSA) is 106 Å². The van der Waals surface area contributed by atoms with Crippen LogP contribution in [0.1, 0.15) is 35.2 Å². The maximum atomic E-state index is 12.5. The lowest BCUT2D eigenvalue weighted by molar-refractivity contribution is -0.118. The number of benzene rings is 2. The molecule has 0 bridgehead atoms. The van der Waals surface area contributed by atoms with Crippen molar-refractivity contribution >= 4 is 28.4 Å². The van der Waals surface area contributed by atoms with Gasteiger partial charge in [0.15, 0.2) is 0 Å². The summed E-state index contributed by atoms with van der Waals surface area (Å²) in [5.41, 5.74) is 7.88. The molecule has 7 heteroatoms. The summed E-state index contributed by atoms with van der Waals surface area (Å²) in [6.45, 7) is 0.698. The van der Waals surface area contributed by atoms with Gasteiger partial charge in [0, 0.05) is 36.3 Å². The number of carbonyl (C=O) groups is 2. The average molecular weight is 403 g/mol. The van der Waals surface area contributed by atoms with Crippen molar-refractivity contribution in [3.63, 3.8) is 0 Å². The van der Waals surface area contributed by atoms with Gasteiger partial charge in [-0.15, -0.1) is 0 Å². The van der Waals surface area contributed by atoms with Gasteiger partial charge in [0.2, 0.25) is 5.91 Å². The zero-order valence-electron chi connectivity index (χ0n) is 16.3. The predicted octanol–water partition coefficient (Wildman–Crippen LogP) is 3.52. The molecule has 30 heavy (non-hydrogen) atoms. The summed E-state index contributed by atoms with van der Waals surface area (Å²) in [7, 11) is 0. The van der Waals surface area contributed by atoms with E-state index >= 15 is 0 Å². The Morgan fingerprint density at radius 1 is 1.20 bits per heavy atom. The van der Waals surface area contributed by atoms with Gasteiger partial charge < -0.3 is 20.5 Å². The standard InChI is InChI=1S/C23H21N3O4/c24-23(29)17-11-16-18(12-20(17)27)25-7-5-21(16)30-15-3-4-19-14(10-15)6-8-26(19)22(28)9-13-1-2-13/h3-5,7,10-13,27H,1-2,6,8-9H2,(H2,24,29). The third-order valence-corrected chi connectivity index (χ3v) is 5.72. The Bertz CT molecular complexity index is 1190. The van der Waals surface area contributed by atoms with Gasteiger partial charge in [-0.25, -0.2) is 0 Å². The van der Waals surface area contributed by atoms with Crippen LogP contribution in [0.15, 0.2) is 42.6 Å². The Morgan fingerprint density at radius 3 is 2.80 bits per heavy atom. The first-order valence-electron chi connectivity index (χ1n) is 10.0. The maximum Gasteiger partial charge on any atom is 0.252 e. The molecule has 2 aromatic carbocycles. The molecule has 1 saturated carbocycles. The predicted molar refractivity (Wildman–Crippen MR) is 112 cm³/mol. The van der Waals surface area contributed by atoms with E-state index in [1.807, 2.05) is 23.1 Å². The molecule has 0 radical (unpaired) electrons. The third-order valence-electron chi connectivity index (χ3n) is 5.72. The van der Waals surface area contributed by atoms with Crippen molar-refractivity contribution < 1.29 is 19.4 Å². The van der Waals surface area contributed by atoms with Gasteiger partial charge in [-0.3, -0.25) is 14.6 Å². The molecule has 2 amide bonds. The number of hydrogen-bond acceptors (Lipinski definition) is 5. The molecular formula is C23H21N3O4. The smallest absolute Gasteiger partial charge is 0.252 e. The van der Waals surface area contributed by atoms with Gasteiger partial charge in [0.1, 0.15) is 17.2 Å². The summed E-state index contributed by atoms with van der Waals surface area (Å²) in [6.07, 6.45) is 5.32. The van der Waals surface area contributed by atoms with Crippen LogP contribution in [-0.4, -0.2) is 28.4 Å². The van der Waals surface area contributed by atoms with Crippen molar-refractivity contribution in [2.45, 2.75) is 25.7 Å². The molecule has 152 valence electrons. The van der Waals surface area contributed by atoms with E-state index in [1.165, 1.54) is 12.1 Å². The van der Waals surface area contributed by atoms with E-state index in [4.69, 9.17) is 10.5 Å². The van der Waals surface area contributed by atoms with E-state index in [0.29, 0.717) is 41.3 Å². The Hall–Kier alpha value is -3.61. The normalized spacial score (nSPS) is 15.3. The second-order valence-corrected chi connectivity index (χ2v) is 7.90. The summed E-state index contributed by atoms with van der Waals surface area (Å²) < 4.78 is 6.08. The van der Waals surface area contributed by atoms with E-state index in [-0.39, 0.29) is 17.2 Å². The number of hydrogen-bond donors (Lipinski definition) is 2. The van der Waals surface area contributed by atoms with Gasteiger partial charge in [-0.1, -0.05) is 0 Å². The second kappa shape index (κ2) is 7.02. The van der Waals surface area contributed by atoms with Gasteiger partial charge in [0.05, 0.1) is 11.1 Å². The van der Waals surface area contributed by atoms with Crippen LogP contribution in [0.5, 0.6) is 17.2 Å². The Kier molecular flexibility index (Phi) is 4.31.